The minimum atomic E-state index is 0.167. The first-order chi connectivity index (χ1) is 11.1. The second-order valence-corrected chi connectivity index (χ2v) is 6.68. The van der Waals surface area contributed by atoms with E-state index in [0.717, 1.165) is 21.9 Å². The van der Waals surface area contributed by atoms with Crippen LogP contribution in [-0.4, -0.2) is 23.9 Å². The third kappa shape index (κ3) is 2.50. The van der Waals surface area contributed by atoms with Gasteiger partial charge < -0.3 is 9.32 Å². The van der Waals surface area contributed by atoms with Crippen LogP contribution in [0.4, 0.5) is 0 Å². The maximum absolute atomic E-state index is 12.6. The first-order valence-electron chi connectivity index (χ1n) is 8.28. The number of likely N-dealkylation sites (N-methyl/N-ethyl adjacent to an activating group) is 1. The average molecular weight is 307 g/mol. The van der Waals surface area contributed by atoms with Gasteiger partial charge in [0.2, 0.25) is 5.91 Å². The van der Waals surface area contributed by atoms with Crippen molar-refractivity contribution in [3.8, 4) is 0 Å². The third-order valence-electron chi connectivity index (χ3n) is 5.19. The van der Waals surface area contributed by atoms with E-state index in [4.69, 9.17) is 4.42 Å². The quantitative estimate of drug-likeness (QED) is 0.716. The van der Waals surface area contributed by atoms with Gasteiger partial charge in [0.25, 0.3) is 0 Å². The summed E-state index contributed by atoms with van der Waals surface area (Å²) in [6.45, 7) is 2.15. The largest absolute Gasteiger partial charge is 0.464 e. The Morgan fingerprint density at radius 1 is 1.26 bits per heavy atom. The highest BCUT2D eigenvalue weighted by atomic mass is 16.3. The summed E-state index contributed by atoms with van der Waals surface area (Å²) in [4.78, 5) is 14.6. The van der Waals surface area contributed by atoms with Crippen LogP contribution in [-0.2, 0) is 11.2 Å². The number of fused-ring (bicyclic) bond motifs is 3. The van der Waals surface area contributed by atoms with Crippen LogP contribution in [0.25, 0.3) is 21.7 Å². The molecule has 1 fully saturated rings. The second-order valence-electron chi connectivity index (χ2n) is 6.68. The van der Waals surface area contributed by atoms with Gasteiger partial charge in [0.1, 0.15) is 5.58 Å². The summed E-state index contributed by atoms with van der Waals surface area (Å²) in [6, 6.07) is 12.6. The molecule has 1 aliphatic carbocycles. The lowest BCUT2D eigenvalue weighted by Crippen LogP contribution is -2.37. The van der Waals surface area contributed by atoms with Gasteiger partial charge in [0.15, 0.2) is 0 Å². The van der Waals surface area contributed by atoms with Crippen molar-refractivity contribution in [3.63, 3.8) is 0 Å². The highest BCUT2D eigenvalue weighted by molar-refractivity contribution is 6.08. The molecular weight excluding hydrogens is 286 g/mol. The fourth-order valence-electron chi connectivity index (χ4n) is 3.41. The van der Waals surface area contributed by atoms with E-state index in [1.807, 2.05) is 30.1 Å². The summed E-state index contributed by atoms with van der Waals surface area (Å²) in [5.74, 6) is 0.853. The van der Waals surface area contributed by atoms with Crippen molar-refractivity contribution >= 4 is 27.6 Å². The molecule has 3 nitrogen and oxygen atoms in total. The molecule has 0 saturated heterocycles. The van der Waals surface area contributed by atoms with Gasteiger partial charge >= 0.3 is 0 Å². The topological polar surface area (TPSA) is 33.5 Å². The van der Waals surface area contributed by atoms with E-state index in [9.17, 15) is 4.79 Å². The van der Waals surface area contributed by atoms with Gasteiger partial charge in [0, 0.05) is 24.0 Å². The standard InChI is InChI=1S/C20H21NO2/c1-13(14-7-8-14)21(2)19(22)11-16-12-23-18-10-9-15-5-3-4-6-17(15)20(16)18/h3-6,9-10,12-14H,7-8,11H2,1-2H3/t13-/m1/s1. The molecule has 0 aliphatic heterocycles. The van der Waals surface area contributed by atoms with Gasteiger partial charge in [-0.25, -0.2) is 0 Å². The van der Waals surface area contributed by atoms with E-state index < -0.39 is 0 Å². The number of amides is 1. The molecule has 23 heavy (non-hydrogen) atoms. The van der Waals surface area contributed by atoms with Crippen LogP contribution in [0.2, 0.25) is 0 Å². The minimum absolute atomic E-state index is 0.167. The van der Waals surface area contributed by atoms with Crippen LogP contribution in [0, 0.1) is 5.92 Å². The Kier molecular flexibility index (Phi) is 3.37. The molecular formula is C20H21NO2. The molecule has 0 N–H and O–H groups in total. The Morgan fingerprint density at radius 3 is 2.83 bits per heavy atom. The van der Waals surface area contributed by atoms with E-state index in [0.29, 0.717) is 18.4 Å². The predicted molar refractivity (Wildman–Crippen MR) is 92.4 cm³/mol. The SMILES string of the molecule is C[C@H](C1CC1)N(C)C(=O)Cc1coc2ccc3ccccc3c12. The molecule has 1 aliphatic rings. The number of hydrogen-bond acceptors (Lipinski definition) is 2. The van der Waals surface area contributed by atoms with Crippen molar-refractivity contribution in [1.82, 2.24) is 4.90 Å². The first-order valence-corrected chi connectivity index (χ1v) is 8.28. The molecule has 1 aromatic heterocycles. The van der Waals surface area contributed by atoms with Crippen molar-refractivity contribution in [2.45, 2.75) is 32.2 Å². The summed E-state index contributed by atoms with van der Waals surface area (Å²) in [5, 5.41) is 3.40. The Hall–Kier alpha value is -2.29. The van der Waals surface area contributed by atoms with Gasteiger partial charge in [-0.2, -0.15) is 0 Å². The number of benzene rings is 2. The molecule has 0 spiro atoms. The van der Waals surface area contributed by atoms with E-state index in [-0.39, 0.29) is 5.91 Å². The zero-order valence-electron chi connectivity index (χ0n) is 13.6. The van der Waals surface area contributed by atoms with Gasteiger partial charge in [-0.1, -0.05) is 30.3 Å². The number of rotatable bonds is 4. The van der Waals surface area contributed by atoms with E-state index in [1.165, 1.54) is 18.2 Å². The minimum Gasteiger partial charge on any atom is -0.464 e. The lowest BCUT2D eigenvalue weighted by atomic mass is 10.0. The summed E-state index contributed by atoms with van der Waals surface area (Å²) in [6.07, 6.45) is 4.63. The molecule has 1 saturated carbocycles. The number of hydrogen-bond donors (Lipinski definition) is 0. The zero-order chi connectivity index (χ0) is 16.0. The smallest absolute Gasteiger partial charge is 0.227 e. The van der Waals surface area contributed by atoms with Crippen molar-refractivity contribution in [1.29, 1.82) is 0 Å². The molecule has 4 rings (SSSR count). The fourth-order valence-corrected chi connectivity index (χ4v) is 3.41. The molecule has 0 unspecified atom stereocenters. The molecule has 1 heterocycles. The predicted octanol–water partition coefficient (Wildman–Crippen LogP) is 4.39. The molecule has 118 valence electrons. The van der Waals surface area contributed by atoms with Crippen LogP contribution in [0.5, 0.6) is 0 Å². The summed E-state index contributed by atoms with van der Waals surface area (Å²) in [7, 11) is 1.92. The number of carbonyl (C=O) groups excluding carboxylic acids is 1. The molecule has 2 aromatic carbocycles. The number of furan rings is 1. The Morgan fingerprint density at radius 2 is 2.04 bits per heavy atom. The molecule has 0 bridgehead atoms. The monoisotopic (exact) mass is 307 g/mol. The van der Waals surface area contributed by atoms with Gasteiger partial charge in [-0.05, 0) is 42.5 Å². The van der Waals surface area contributed by atoms with Crippen LogP contribution in [0.3, 0.4) is 0 Å². The Balaban J connectivity index is 1.68. The van der Waals surface area contributed by atoms with Gasteiger partial charge in [-0.3, -0.25) is 4.79 Å². The zero-order valence-corrected chi connectivity index (χ0v) is 13.6. The van der Waals surface area contributed by atoms with E-state index in [1.54, 1.807) is 6.26 Å². The summed E-state index contributed by atoms with van der Waals surface area (Å²) in [5.41, 5.74) is 1.83. The maximum Gasteiger partial charge on any atom is 0.227 e. The Bertz CT molecular complexity index is 876. The van der Waals surface area contributed by atoms with Crippen molar-refractivity contribution in [2.75, 3.05) is 7.05 Å². The third-order valence-corrected chi connectivity index (χ3v) is 5.19. The summed E-state index contributed by atoms with van der Waals surface area (Å²) < 4.78 is 5.69. The first kappa shape index (κ1) is 14.3. The van der Waals surface area contributed by atoms with E-state index >= 15 is 0 Å². The van der Waals surface area contributed by atoms with Crippen LogP contribution >= 0.6 is 0 Å². The molecule has 3 aromatic rings. The highest BCUT2D eigenvalue weighted by Gasteiger charge is 2.32. The normalized spacial score (nSPS) is 15.9. The molecule has 3 heteroatoms. The maximum atomic E-state index is 12.6. The molecule has 0 radical (unpaired) electrons. The van der Waals surface area contributed by atoms with E-state index in [2.05, 4.69) is 25.1 Å². The van der Waals surface area contributed by atoms with Gasteiger partial charge in [0.05, 0.1) is 12.7 Å². The highest BCUT2D eigenvalue weighted by Crippen LogP contribution is 2.35. The van der Waals surface area contributed by atoms with Crippen LogP contribution in [0.1, 0.15) is 25.3 Å². The van der Waals surface area contributed by atoms with Gasteiger partial charge in [-0.15, -0.1) is 0 Å². The molecule has 1 amide bonds. The Labute approximate surface area is 135 Å². The van der Waals surface area contributed by atoms with Crippen LogP contribution in [0.15, 0.2) is 47.1 Å². The lowest BCUT2D eigenvalue weighted by Gasteiger charge is -2.24. The number of nitrogens with zero attached hydrogens (tertiary/aromatic N) is 1. The van der Waals surface area contributed by atoms with Crippen molar-refractivity contribution in [3.05, 3.63) is 48.2 Å². The number of carbonyl (C=O) groups is 1. The van der Waals surface area contributed by atoms with Crippen LogP contribution < -0.4 is 0 Å². The summed E-state index contributed by atoms with van der Waals surface area (Å²) >= 11 is 0. The molecule has 1 atom stereocenters. The average Bonchev–Trinajstić information content (AvgIpc) is 3.35. The van der Waals surface area contributed by atoms with Crippen molar-refractivity contribution < 1.29 is 9.21 Å². The second kappa shape index (κ2) is 5.41. The lowest BCUT2D eigenvalue weighted by molar-refractivity contribution is -0.131. The fraction of sp³-hybridized carbons (Fsp3) is 0.350. The van der Waals surface area contributed by atoms with Crippen molar-refractivity contribution in [2.24, 2.45) is 5.92 Å².